The first kappa shape index (κ1) is 16.0. The topological polar surface area (TPSA) is 46.6 Å². The SMILES string of the molecule is CN(CC(=O)OCc1ccccc1Cl)C(=O)c1ccccc1. The van der Waals surface area contributed by atoms with Crippen LogP contribution in [0.3, 0.4) is 0 Å². The molecule has 0 radical (unpaired) electrons. The van der Waals surface area contributed by atoms with Gasteiger partial charge in [0.25, 0.3) is 5.91 Å². The zero-order valence-electron chi connectivity index (χ0n) is 12.2. The predicted molar refractivity (Wildman–Crippen MR) is 84.7 cm³/mol. The van der Waals surface area contributed by atoms with E-state index >= 15 is 0 Å². The average Bonchev–Trinajstić information content (AvgIpc) is 2.54. The molecule has 2 aromatic rings. The molecule has 0 aliphatic heterocycles. The minimum Gasteiger partial charge on any atom is -0.459 e. The minimum absolute atomic E-state index is 0.0892. The van der Waals surface area contributed by atoms with Crippen molar-refractivity contribution < 1.29 is 14.3 Å². The Hall–Kier alpha value is -2.33. The highest BCUT2D eigenvalue weighted by Gasteiger charge is 2.15. The maximum absolute atomic E-state index is 12.1. The summed E-state index contributed by atoms with van der Waals surface area (Å²) in [7, 11) is 1.56. The highest BCUT2D eigenvalue weighted by Crippen LogP contribution is 2.15. The molecule has 0 saturated carbocycles. The van der Waals surface area contributed by atoms with E-state index in [0.717, 1.165) is 5.56 Å². The number of rotatable bonds is 5. The normalized spacial score (nSPS) is 10.1. The van der Waals surface area contributed by atoms with Gasteiger partial charge >= 0.3 is 5.97 Å². The van der Waals surface area contributed by atoms with Crippen molar-refractivity contribution in [2.75, 3.05) is 13.6 Å². The smallest absolute Gasteiger partial charge is 0.325 e. The van der Waals surface area contributed by atoms with Crippen molar-refractivity contribution in [1.29, 1.82) is 0 Å². The Morgan fingerprint density at radius 1 is 1.05 bits per heavy atom. The lowest BCUT2D eigenvalue weighted by molar-refractivity contribution is -0.145. The summed E-state index contributed by atoms with van der Waals surface area (Å²) >= 11 is 5.99. The highest BCUT2D eigenvalue weighted by molar-refractivity contribution is 6.31. The number of carbonyl (C=O) groups is 2. The van der Waals surface area contributed by atoms with Gasteiger partial charge in [-0.1, -0.05) is 48.0 Å². The Balaban J connectivity index is 1.87. The number of benzene rings is 2. The molecule has 0 aliphatic rings. The Morgan fingerprint density at radius 3 is 2.36 bits per heavy atom. The number of halogens is 1. The van der Waals surface area contributed by atoms with E-state index in [2.05, 4.69) is 0 Å². The van der Waals surface area contributed by atoms with Crippen molar-refractivity contribution in [1.82, 2.24) is 4.90 Å². The number of ether oxygens (including phenoxy) is 1. The maximum atomic E-state index is 12.1. The van der Waals surface area contributed by atoms with Crippen LogP contribution in [-0.4, -0.2) is 30.4 Å². The molecule has 5 heteroatoms. The molecule has 0 fully saturated rings. The fraction of sp³-hybridized carbons (Fsp3) is 0.176. The molecule has 0 saturated heterocycles. The molecule has 2 rings (SSSR count). The average molecular weight is 318 g/mol. The molecule has 0 aliphatic carbocycles. The van der Waals surface area contributed by atoms with Gasteiger partial charge in [0, 0.05) is 23.2 Å². The molecule has 22 heavy (non-hydrogen) atoms. The van der Waals surface area contributed by atoms with Crippen molar-refractivity contribution in [3.8, 4) is 0 Å². The summed E-state index contributed by atoms with van der Waals surface area (Å²) in [5.41, 5.74) is 1.26. The number of esters is 1. The van der Waals surface area contributed by atoms with Gasteiger partial charge in [0.05, 0.1) is 0 Å². The third-order valence-corrected chi connectivity index (χ3v) is 3.45. The minimum atomic E-state index is -0.480. The second kappa shape index (κ2) is 7.61. The van der Waals surface area contributed by atoms with E-state index in [0.29, 0.717) is 10.6 Å². The van der Waals surface area contributed by atoms with E-state index in [1.807, 2.05) is 12.1 Å². The van der Waals surface area contributed by atoms with Gasteiger partial charge in [-0.2, -0.15) is 0 Å². The van der Waals surface area contributed by atoms with E-state index in [1.54, 1.807) is 49.5 Å². The first-order valence-corrected chi connectivity index (χ1v) is 7.15. The summed E-state index contributed by atoms with van der Waals surface area (Å²) in [5, 5.41) is 0.545. The number of hydrogen-bond acceptors (Lipinski definition) is 3. The van der Waals surface area contributed by atoms with Crippen LogP contribution in [0.5, 0.6) is 0 Å². The first-order chi connectivity index (χ1) is 10.6. The van der Waals surface area contributed by atoms with Gasteiger partial charge in [-0.15, -0.1) is 0 Å². The van der Waals surface area contributed by atoms with E-state index in [4.69, 9.17) is 16.3 Å². The monoisotopic (exact) mass is 317 g/mol. The molecule has 0 atom stereocenters. The molecular formula is C17H16ClNO3. The number of amides is 1. The first-order valence-electron chi connectivity index (χ1n) is 6.77. The number of hydrogen-bond donors (Lipinski definition) is 0. The molecule has 1 amide bonds. The molecule has 0 N–H and O–H groups in total. The molecule has 0 heterocycles. The van der Waals surface area contributed by atoms with E-state index in [-0.39, 0.29) is 19.1 Å². The van der Waals surface area contributed by atoms with E-state index in [1.165, 1.54) is 4.90 Å². The van der Waals surface area contributed by atoms with Crippen LogP contribution in [0.4, 0.5) is 0 Å². The summed E-state index contributed by atoms with van der Waals surface area (Å²) in [6, 6.07) is 15.9. The van der Waals surface area contributed by atoms with Crippen LogP contribution < -0.4 is 0 Å². The fourth-order valence-electron chi connectivity index (χ4n) is 1.89. The van der Waals surface area contributed by atoms with Gasteiger partial charge in [-0.05, 0) is 18.2 Å². The van der Waals surface area contributed by atoms with Gasteiger partial charge in [0.15, 0.2) is 0 Å². The molecular weight excluding hydrogens is 302 g/mol. The van der Waals surface area contributed by atoms with Gasteiger partial charge < -0.3 is 9.64 Å². The molecule has 0 spiro atoms. The van der Waals surface area contributed by atoms with Gasteiger partial charge in [0.1, 0.15) is 13.2 Å². The molecule has 2 aromatic carbocycles. The summed E-state index contributed by atoms with van der Waals surface area (Å²) in [4.78, 5) is 25.2. The fourth-order valence-corrected chi connectivity index (χ4v) is 2.08. The third kappa shape index (κ3) is 4.33. The summed E-state index contributed by atoms with van der Waals surface area (Å²) in [5.74, 6) is -0.706. The number of carbonyl (C=O) groups excluding carboxylic acids is 2. The highest BCUT2D eigenvalue weighted by atomic mass is 35.5. The van der Waals surface area contributed by atoms with Crippen LogP contribution in [0.1, 0.15) is 15.9 Å². The summed E-state index contributed by atoms with van der Waals surface area (Å²) < 4.78 is 5.15. The Bertz CT molecular complexity index is 658. The van der Waals surface area contributed by atoms with Crippen molar-refractivity contribution in [3.63, 3.8) is 0 Å². The Morgan fingerprint density at radius 2 is 1.68 bits per heavy atom. The van der Waals surface area contributed by atoms with Crippen LogP contribution in [0.15, 0.2) is 54.6 Å². The number of likely N-dealkylation sites (N-methyl/N-ethyl adjacent to an activating group) is 1. The zero-order chi connectivity index (χ0) is 15.9. The third-order valence-electron chi connectivity index (χ3n) is 3.08. The van der Waals surface area contributed by atoms with Crippen LogP contribution in [-0.2, 0) is 16.1 Å². The molecule has 114 valence electrons. The molecule has 0 aromatic heterocycles. The Labute approximate surface area is 134 Å². The lowest BCUT2D eigenvalue weighted by Crippen LogP contribution is -2.33. The van der Waals surface area contributed by atoms with Crippen molar-refractivity contribution >= 4 is 23.5 Å². The van der Waals surface area contributed by atoms with E-state index in [9.17, 15) is 9.59 Å². The Kier molecular flexibility index (Phi) is 5.55. The second-order valence-electron chi connectivity index (χ2n) is 4.78. The second-order valence-corrected chi connectivity index (χ2v) is 5.19. The standard InChI is InChI=1S/C17H16ClNO3/c1-19(17(21)13-7-3-2-4-8-13)11-16(20)22-12-14-9-5-6-10-15(14)18/h2-10H,11-12H2,1H3. The summed E-state index contributed by atoms with van der Waals surface area (Å²) in [6.45, 7) is -0.0238. The van der Waals surface area contributed by atoms with E-state index < -0.39 is 5.97 Å². The van der Waals surface area contributed by atoms with Crippen molar-refractivity contribution in [2.45, 2.75) is 6.61 Å². The van der Waals surface area contributed by atoms with Crippen LogP contribution in [0.2, 0.25) is 5.02 Å². The summed E-state index contributed by atoms with van der Waals surface area (Å²) in [6.07, 6.45) is 0. The van der Waals surface area contributed by atoms with Gasteiger partial charge in [0.2, 0.25) is 0 Å². The number of nitrogens with zero attached hydrogens (tertiary/aromatic N) is 1. The van der Waals surface area contributed by atoms with Crippen LogP contribution >= 0.6 is 11.6 Å². The largest absolute Gasteiger partial charge is 0.459 e. The molecule has 0 unspecified atom stereocenters. The zero-order valence-corrected chi connectivity index (χ0v) is 12.9. The maximum Gasteiger partial charge on any atom is 0.325 e. The van der Waals surface area contributed by atoms with Gasteiger partial charge in [-0.3, -0.25) is 9.59 Å². The van der Waals surface area contributed by atoms with Crippen LogP contribution in [0, 0.1) is 0 Å². The van der Waals surface area contributed by atoms with Crippen LogP contribution in [0.25, 0.3) is 0 Å². The van der Waals surface area contributed by atoms with Crippen molar-refractivity contribution in [2.24, 2.45) is 0 Å². The quantitative estimate of drug-likeness (QED) is 0.796. The lowest BCUT2D eigenvalue weighted by atomic mass is 10.2. The predicted octanol–water partition coefficient (Wildman–Crippen LogP) is 3.16. The molecule has 0 bridgehead atoms. The van der Waals surface area contributed by atoms with Crippen molar-refractivity contribution in [3.05, 3.63) is 70.7 Å². The van der Waals surface area contributed by atoms with Gasteiger partial charge in [-0.25, -0.2) is 0 Å². The lowest BCUT2D eigenvalue weighted by Gasteiger charge is -2.16. The molecule has 4 nitrogen and oxygen atoms in total.